The fraction of sp³-hybridized carbons (Fsp3) is 0.588. The standard InChI is InChI=1S/C17H24N2O2.ClH/c18-15(12-14-4-2-1-3-5-14)16(20)19-9-6-17(13-19)7-10-21-11-8-17;/h1-5,15H,6-13,18H2;1H. The SMILES string of the molecule is Cl.NC(Cc1ccccc1)C(=O)N1CCC2(CCOCC2)C1. The fourth-order valence-electron chi connectivity index (χ4n) is 3.53. The molecular weight excluding hydrogens is 300 g/mol. The van der Waals surface area contributed by atoms with Gasteiger partial charge in [-0.2, -0.15) is 0 Å². The van der Waals surface area contributed by atoms with Crippen molar-refractivity contribution in [1.29, 1.82) is 0 Å². The minimum Gasteiger partial charge on any atom is -0.381 e. The number of likely N-dealkylation sites (tertiary alicyclic amines) is 1. The number of nitrogens with two attached hydrogens (primary N) is 1. The first-order chi connectivity index (χ1) is 10.2. The molecule has 2 saturated heterocycles. The molecule has 2 heterocycles. The third-order valence-corrected chi connectivity index (χ3v) is 4.92. The first kappa shape index (κ1) is 17.3. The van der Waals surface area contributed by atoms with Crippen molar-refractivity contribution >= 4 is 18.3 Å². The van der Waals surface area contributed by atoms with Crippen LogP contribution in [0.2, 0.25) is 0 Å². The Morgan fingerprint density at radius 2 is 1.91 bits per heavy atom. The van der Waals surface area contributed by atoms with Crippen LogP contribution < -0.4 is 5.73 Å². The van der Waals surface area contributed by atoms with Gasteiger partial charge >= 0.3 is 0 Å². The average molecular weight is 325 g/mol. The van der Waals surface area contributed by atoms with Gasteiger partial charge in [-0.3, -0.25) is 4.79 Å². The second-order valence-electron chi connectivity index (χ2n) is 6.42. The molecule has 2 aliphatic heterocycles. The molecule has 2 fully saturated rings. The Labute approximate surface area is 138 Å². The van der Waals surface area contributed by atoms with Gasteiger partial charge in [0.2, 0.25) is 5.91 Å². The van der Waals surface area contributed by atoms with Crippen LogP contribution in [0.25, 0.3) is 0 Å². The summed E-state index contributed by atoms with van der Waals surface area (Å²) < 4.78 is 5.45. The highest BCUT2D eigenvalue weighted by atomic mass is 35.5. The van der Waals surface area contributed by atoms with Crippen molar-refractivity contribution in [1.82, 2.24) is 4.90 Å². The molecule has 0 radical (unpaired) electrons. The van der Waals surface area contributed by atoms with Gasteiger partial charge in [0.25, 0.3) is 0 Å². The van der Waals surface area contributed by atoms with Crippen LogP contribution in [0.4, 0.5) is 0 Å². The third kappa shape index (κ3) is 3.80. The van der Waals surface area contributed by atoms with Crippen LogP contribution in [0.3, 0.4) is 0 Å². The normalized spacial score (nSPS) is 21.4. The summed E-state index contributed by atoms with van der Waals surface area (Å²) in [5.41, 5.74) is 7.55. The summed E-state index contributed by atoms with van der Waals surface area (Å²) in [4.78, 5) is 14.5. The van der Waals surface area contributed by atoms with Gasteiger partial charge in [-0.15, -0.1) is 12.4 Å². The van der Waals surface area contributed by atoms with Crippen LogP contribution in [-0.2, 0) is 16.0 Å². The highest BCUT2D eigenvalue weighted by molar-refractivity contribution is 5.85. The summed E-state index contributed by atoms with van der Waals surface area (Å²) in [6, 6.07) is 9.57. The smallest absolute Gasteiger partial charge is 0.239 e. The molecule has 1 atom stereocenters. The number of benzene rings is 1. The number of hydrogen-bond acceptors (Lipinski definition) is 3. The van der Waals surface area contributed by atoms with Crippen LogP contribution in [0.1, 0.15) is 24.8 Å². The first-order valence-corrected chi connectivity index (χ1v) is 7.85. The van der Waals surface area contributed by atoms with E-state index in [0.717, 1.165) is 51.1 Å². The predicted octanol–water partition coefficient (Wildman–Crippen LogP) is 2.01. The molecule has 2 N–H and O–H groups in total. The lowest BCUT2D eigenvalue weighted by atomic mass is 9.80. The van der Waals surface area contributed by atoms with Crippen molar-refractivity contribution in [3.8, 4) is 0 Å². The Bertz CT molecular complexity index is 489. The third-order valence-electron chi connectivity index (χ3n) is 4.92. The number of amides is 1. The van der Waals surface area contributed by atoms with E-state index in [1.807, 2.05) is 35.2 Å². The molecule has 1 amide bonds. The fourth-order valence-corrected chi connectivity index (χ4v) is 3.53. The number of carbonyl (C=O) groups is 1. The van der Waals surface area contributed by atoms with Gasteiger partial charge in [0.1, 0.15) is 0 Å². The summed E-state index contributed by atoms with van der Waals surface area (Å²) in [7, 11) is 0. The van der Waals surface area contributed by atoms with E-state index in [1.54, 1.807) is 0 Å². The summed E-state index contributed by atoms with van der Waals surface area (Å²) >= 11 is 0. The van der Waals surface area contributed by atoms with Crippen LogP contribution in [-0.4, -0.2) is 43.2 Å². The van der Waals surface area contributed by atoms with Crippen LogP contribution in [0, 0.1) is 5.41 Å². The largest absolute Gasteiger partial charge is 0.381 e. The zero-order chi connectivity index (χ0) is 14.7. The topological polar surface area (TPSA) is 55.6 Å². The molecule has 3 rings (SSSR count). The lowest BCUT2D eigenvalue weighted by Gasteiger charge is -2.33. The lowest BCUT2D eigenvalue weighted by Crippen LogP contribution is -2.45. The zero-order valence-electron chi connectivity index (χ0n) is 12.9. The van der Waals surface area contributed by atoms with Gasteiger partial charge in [-0.05, 0) is 36.7 Å². The summed E-state index contributed by atoms with van der Waals surface area (Å²) in [6.45, 7) is 3.37. The quantitative estimate of drug-likeness (QED) is 0.925. The number of ether oxygens (including phenoxy) is 1. The van der Waals surface area contributed by atoms with Crippen molar-refractivity contribution in [2.75, 3.05) is 26.3 Å². The molecule has 0 bridgehead atoms. The van der Waals surface area contributed by atoms with E-state index in [4.69, 9.17) is 10.5 Å². The van der Waals surface area contributed by atoms with Gasteiger partial charge in [-0.25, -0.2) is 0 Å². The lowest BCUT2D eigenvalue weighted by molar-refractivity contribution is -0.132. The molecule has 122 valence electrons. The van der Waals surface area contributed by atoms with E-state index >= 15 is 0 Å². The van der Waals surface area contributed by atoms with E-state index < -0.39 is 6.04 Å². The zero-order valence-corrected chi connectivity index (χ0v) is 13.7. The average Bonchev–Trinajstić information content (AvgIpc) is 2.92. The molecule has 0 aromatic heterocycles. The second kappa shape index (κ2) is 7.44. The van der Waals surface area contributed by atoms with Gasteiger partial charge in [0, 0.05) is 26.3 Å². The second-order valence-corrected chi connectivity index (χ2v) is 6.42. The van der Waals surface area contributed by atoms with E-state index in [9.17, 15) is 4.79 Å². The molecule has 1 spiro atoms. The first-order valence-electron chi connectivity index (χ1n) is 7.85. The molecule has 0 saturated carbocycles. The van der Waals surface area contributed by atoms with Crippen molar-refractivity contribution in [2.45, 2.75) is 31.7 Å². The maximum absolute atomic E-state index is 12.5. The van der Waals surface area contributed by atoms with Crippen molar-refractivity contribution in [3.05, 3.63) is 35.9 Å². The van der Waals surface area contributed by atoms with Crippen molar-refractivity contribution in [2.24, 2.45) is 11.1 Å². The molecule has 2 aliphatic rings. The van der Waals surface area contributed by atoms with Crippen molar-refractivity contribution < 1.29 is 9.53 Å². The Morgan fingerprint density at radius 1 is 1.23 bits per heavy atom. The minimum absolute atomic E-state index is 0. The molecular formula is C17H25ClN2O2. The molecule has 0 aliphatic carbocycles. The van der Waals surface area contributed by atoms with E-state index in [1.165, 1.54) is 0 Å². The summed E-state index contributed by atoms with van der Waals surface area (Å²) in [5, 5.41) is 0. The maximum atomic E-state index is 12.5. The predicted molar refractivity (Wildman–Crippen MR) is 89.1 cm³/mol. The Balaban J connectivity index is 0.00000176. The molecule has 4 nitrogen and oxygen atoms in total. The van der Waals surface area contributed by atoms with Crippen molar-refractivity contribution in [3.63, 3.8) is 0 Å². The minimum atomic E-state index is -0.428. The van der Waals surface area contributed by atoms with Crippen LogP contribution >= 0.6 is 12.4 Å². The highest BCUT2D eigenvalue weighted by Crippen LogP contribution is 2.39. The van der Waals surface area contributed by atoms with Gasteiger partial charge in [0.15, 0.2) is 0 Å². The Kier molecular flexibility index (Phi) is 5.84. The number of carbonyl (C=O) groups excluding carboxylic acids is 1. The maximum Gasteiger partial charge on any atom is 0.239 e. The number of nitrogens with zero attached hydrogens (tertiary/aromatic N) is 1. The Morgan fingerprint density at radius 3 is 2.59 bits per heavy atom. The van der Waals surface area contributed by atoms with Crippen LogP contribution in [0.5, 0.6) is 0 Å². The number of rotatable bonds is 3. The summed E-state index contributed by atoms with van der Waals surface area (Å²) in [5.74, 6) is 0.0993. The van der Waals surface area contributed by atoms with E-state index in [-0.39, 0.29) is 18.3 Å². The molecule has 1 unspecified atom stereocenters. The van der Waals surface area contributed by atoms with Gasteiger partial charge in [-0.1, -0.05) is 30.3 Å². The highest BCUT2D eigenvalue weighted by Gasteiger charge is 2.41. The Hall–Kier alpha value is -1.10. The number of hydrogen-bond donors (Lipinski definition) is 1. The monoisotopic (exact) mass is 324 g/mol. The van der Waals surface area contributed by atoms with E-state index in [2.05, 4.69) is 0 Å². The molecule has 22 heavy (non-hydrogen) atoms. The number of halogens is 1. The van der Waals surface area contributed by atoms with Gasteiger partial charge < -0.3 is 15.4 Å². The molecule has 1 aromatic carbocycles. The molecule has 5 heteroatoms. The summed E-state index contributed by atoms with van der Waals surface area (Å²) in [6.07, 6.45) is 3.86. The van der Waals surface area contributed by atoms with Crippen LogP contribution in [0.15, 0.2) is 30.3 Å². The molecule has 1 aromatic rings. The van der Waals surface area contributed by atoms with E-state index in [0.29, 0.717) is 11.8 Å². The van der Waals surface area contributed by atoms with Gasteiger partial charge in [0.05, 0.1) is 6.04 Å².